The van der Waals surface area contributed by atoms with Crippen LogP contribution in [-0.2, 0) is 4.79 Å². The molecule has 0 amide bonds. The van der Waals surface area contributed by atoms with E-state index >= 15 is 0 Å². The monoisotopic (exact) mass is 144 g/mol. The van der Waals surface area contributed by atoms with Crippen LogP contribution in [0.4, 0.5) is 0 Å². The number of Topliss-reactive ketones (excluding diaryl/α,β-unsaturated/α-hetero) is 1. The topological polar surface area (TPSA) is 57.5 Å². The molecule has 3 heteroatoms. The number of aliphatic hydroxyl groups excluding tert-OH is 1. The Labute approximate surface area is 59.7 Å². The van der Waals surface area contributed by atoms with Gasteiger partial charge in [-0.15, -0.1) is 0 Å². The van der Waals surface area contributed by atoms with Gasteiger partial charge in [0.15, 0.2) is 5.78 Å². The van der Waals surface area contributed by atoms with E-state index in [1.165, 1.54) is 6.92 Å². The molecule has 0 aromatic heterocycles. The quantitative estimate of drug-likeness (QED) is 0.497. The third-order valence-electron chi connectivity index (χ3n) is 1.99. The lowest BCUT2D eigenvalue weighted by atomic mass is 9.84. The summed E-state index contributed by atoms with van der Waals surface area (Å²) in [6.45, 7) is 1.50. The summed E-state index contributed by atoms with van der Waals surface area (Å²) in [6, 6.07) is 0. The van der Waals surface area contributed by atoms with Gasteiger partial charge in [0.1, 0.15) is 5.60 Å². The first kappa shape index (κ1) is 7.69. The fraction of sp³-hybridized carbons (Fsp3) is 0.857. The molecule has 1 fully saturated rings. The van der Waals surface area contributed by atoms with E-state index in [2.05, 4.69) is 0 Å². The van der Waals surface area contributed by atoms with Gasteiger partial charge in [0.25, 0.3) is 0 Å². The largest absolute Gasteiger partial charge is 0.393 e. The van der Waals surface area contributed by atoms with Gasteiger partial charge in [0, 0.05) is 6.42 Å². The van der Waals surface area contributed by atoms with Gasteiger partial charge in [-0.3, -0.25) is 4.79 Å². The molecule has 2 atom stereocenters. The number of hydrogen-bond acceptors (Lipinski definition) is 3. The fourth-order valence-electron chi connectivity index (χ4n) is 1.12. The molecule has 0 spiro atoms. The Kier molecular flexibility index (Phi) is 1.79. The first-order valence-corrected chi connectivity index (χ1v) is 3.46. The SMILES string of the molecule is CC1(O)CC[C@H](O)CC1=O. The highest BCUT2D eigenvalue weighted by molar-refractivity contribution is 5.87. The average molecular weight is 144 g/mol. The average Bonchev–Trinajstić information content (AvgIpc) is 1.81. The molecule has 1 aliphatic rings. The standard InChI is InChI=1S/C7H12O3/c1-7(10)3-2-5(8)4-6(7)9/h5,8,10H,2-4H2,1H3/t5-,7?/m0/s1. The van der Waals surface area contributed by atoms with E-state index in [9.17, 15) is 9.90 Å². The lowest BCUT2D eigenvalue weighted by Gasteiger charge is -2.28. The Morgan fingerprint density at radius 3 is 2.70 bits per heavy atom. The normalized spacial score (nSPS) is 41.9. The number of rotatable bonds is 0. The van der Waals surface area contributed by atoms with Gasteiger partial charge in [0.2, 0.25) is 0 Å². The minimum absolute atomic E-state index is 0.104. The number of carbonyl (C=O) groups is 1. The minimum Gasteiger partial charge on any atom is -0.393 e. The highest BCUT2D eigenvalue weighted by Gasteiger charge is 2.35. The summed E-state index contributed by atoms with van der Waals surface area (Å²) in [4.78, 5) is 10.9. The van der Waals surface area contributed by atoms with Crippen molar-refractivity contribution in [1.29, 1.82) is 0 Å². The van der Waals surface area contributed by atoms with Crippen LogP contribution >= 0.6 is 0 Å². The summed E-state index contributed by atoms with van der Waals surface area (Å²) in [5.41, 5.74) is -1.18. The van der Waals surface area contributed by atoms with E-state index in [4.69, 9.17) is 5.11 Å². The summed E-state index contributed by atoms with van der Waals surface area (Å²) in [5, 5.41) is 18.3. The van der Waals surface area contributed by atoms with Crippen LogP contribution in [0.5, 0.6) is 0 Å². The van der Waals surface area contributed by atoms with Crippen LogP contribution in [0.15, 0.2) is 0 Å². The van der Waals surface area contributed by atoms with Crippen molar-refractivity contribution in [1.82, 2.24) is 0 Å². The molecule has 0 bridgehead atoms. The highest BCUT2D eigenvalue weighted by Crippen LogP contribution is 2.24. The maximum absolute atomic E-state index is 10.9. The smallest absolute Gasteiger partial charge is 0.166 e. The first-order chi connectivity index (χ1) is 4.52. The summed E-state index contributed by atoms with van der Waals surface area (Å²) in [5.74, 6) is -0.244. The second-order valence-electron chi connectivity index (χ2n) is 3.09. The third kappa shape index (κ3) is 1.36. The van der Waals surface area contributed by atoms with Crippen molar-refractivity contribution in [3.05, 3.63) is 0 Å². The molecule has 0 aromatic carbocycles. The van der Waals surface area contributed by atoms with E-state index in [0.717, 1.165) is 0 Å². The second kappa shape index (κ2) is 2.32. The lowest BCUT2D eigenvalue weighted by molar-refractivity contribution is -0.143. The first-order valence-electron chi connectivity index (χ1n) is 3.46. The number of aliphatic hydroxyl groups is 2. The summed E-state index contributed by atoms with van der Waals surface area (Å²) < 4.78 is 0. The summed E-state index contributed by atoms with van der Waals surface area (Å²) >= 11 is 0. The molecule has 10 heavy (non-hydrogen) atoms. The summed E-state index contributed by atoms with van der Waals surface area (Å²) in [7, 11) is 0. The Morgan fingerprint density at radius 2 is 2.30 bits per heavy atom. The Hall–Kier alpha value is -0.410. The maximum atomic E-state index is 10.9. The van der Waals surface area contributed by atoms with Crippen molar-refractivity contribution in [2.24, 2.45) is 0 Å². The zero-order valence-corrected chi connectivity index (χ0v) is 6.00. The lowest BCUT2D eigenvalue weighted by Crippen LogP contribution is -2.42. The Bertz CT molecular complexity index is 151. The third-order valence-corrected chi connectivity index (χ3v) is 1.99. The van der Waals surface area contributed by atoms with Gasteiger partial charge in [-0.25, -0.2) is 0 Å². The Morgan fingerprint density at radius 1 is 1.70 bits per heavy atom. The number of hydrogen-bond donors (Lipinski definition) is 2. The van der Waals surface area contributed by atoms with Crippen molar-refractivity contribution in [2.45, 2.75) is 37.9 Å². The van der Waals surface area contributed by atoms with Crippen molar-refractivity contribution in [3.8, 4) is 0 Å². The zero-order valence-electron chi connectivity index (χ0n) is 6.00. The molecule has 3 nitrogen and oxygen atoms in total. The van der Waals surface area contributed by atoms with E-state index in [-0.39, 0.29) is 12.2 Å². The highest BCUT2D eigenvalue weighted by atomic mass is 16.3. The van der Waals surface area contributed by atoms with E-state index in [1.54, 1.807) is 0 Å². The minimum atomic E-state index is -1.18. The van der Waals surface area contributed by atoms with Gasteiger partial charge in [-0.05, 0) is 19.8 Å². The number of carbonyl (C=O) groups excluding carboxylic acids is 1. The zero-order chi connectivity index (χ0) is 7.78. The predicted octanol–water partition coefficient (Wildman–Crippen LogP) is -0.149. The van der Waals surface area contributed by atoms with Gasteiger partial charge in [0.05, 0.1) is 6.10 Å². The van der Waals surface area contributed by atoms with Crippen LogP contribution in [0.1, 0.15) is 26.2 Å². The summed E-state index contributed by atoms with van der Waals surface area (Å²) in [6.07, 6.45) is 0.478. The van der Waals surface area contributed by atoms with Crippen molar-refractivity contribution in [3.63, 3.8) is 0 Å². The second-order valence-corrected chi connectivity index (χ2v) is 3.09. The van der Waals surface area contributed by atoms with Crippen LogP contribution in [0.25, 0.3) is 0 Å². The van der Waals surface area contributed by atoms with Crippen molar-refractivity contribution in [2.75, 3.05) is 0 Å². The maximum Gasteiger partial charge on any atom is 0.166 e. The molecule has 0 saturated heterocycles. The van der Waals surface area contributed by atoms with E-state index in [0.29, 0.717) is 12.8 Å². The molecular weight excluding hydrogens is 132 g/mol. The molecule has 1 unspecified atom stereocenters. The Balaban J connectivity index is 2.61. The molecule has 58 valence electrons. The van der Waals surface area contributed by atoms with Gasteiger partial charge >= 0.3 is 0 Å². The van der Waals surface area contributed by atoms with Gasteiger partial charge < -0.3 is 10.2 Å². The molecule has 2 N–H and O–H groups in total. The van der Waals surface area contributed by atoms with Crippen molar-refractivity contribution < 1.29 is 15.0 Å². The van der Waals surface area contributed by atoms with Gasteiger partial charge in [-0.1, -0.05) is 0 Å². The molecule has 1 aliphatic carbocycles. The van der Waals surface area contributed by atoms with Crippen LogP contribution in [-0.4, -0.2) is 27.7 Å². The van der Waals surface area contributed by atoms with E-state index in [1.807, 2.05) is 0 Å². The van der Waals surface area contributed by atoms with E-state index < -0.39 is 11.7 Å². The van der Waals surface area contributed by atoms with Crippen LogP contribution in [0.2, 0.25) is 0 Å². The molecule has 1 rings (SSSR count). The van der Waals surface area contributed by atoms with Crippen LogP contribution < -0.4 is 0 Å². The predicted molar refractivity (Wildman–Crippen MR) is 35.5 cm³/mol. The fourth-order valence-corrected chi connectivity index (χ4v) is 1.12. The molecule has 0 heterocycles. The van der Waals surface area contributed by atoms with Crippen LogP contribution in [0, 0.1) is 0 Å². The molecule has 0 aromatic rings. The molecule has 0 aliphatic heterocycles. The number of ketones is 1. The molecule has 1 saturated carbocycles. The van der Waals surface area contributed by atoms with Crippen LogP contribution in [0.3, 0.4) is 0 Å². The molecular formula is C7H12O3. The van der Waals surface area contributed by atoms with Crippen molar-refractivity contribution >= 4 is 5.78 Å². The van der Waals surface area contributed by atoms with Gasteiger partial charge in [-0.2, -0.15) is 0 Å². The molecule has 0 radical (unpaired) electrons.